The predicted octanol–water partition coefficient (Wildman–Crippen LogP) is 3.25. The van der Waals surface area contributed by atoms with E-state index < -0.39 is 0 Å². The molecule has 19 heavy (non-hydrogen) atoms. The second-order valence-corrected chi connectivity index (χ2v) is 5.80. The van der Waals surface area contributed by atoms with E-state index in [1.807, 2.05) is 18.8 Å². The average Bonchev–Trinajstić information content (AvgIpc) is 2.98. The first kappa shape index (κ1) is 12.4. The van der Waals surface area contributed by atoms with E-state index >= 15 is 0 Å². The lowest BCUT2D eigenvalue weighted by Crippen LogP contribution is -2.18. The van der Waals surface area contributed by atoms with Crippen LogP contribution >= 0.6 is 11.3 Å². The summed E-state index contributed by atoms with van der Waals surface area (Å²) in [5, 5.41) is 11.5. The van der Waals surface area contributed by atoms with Crippen molar-refractivity contribution in [3.8, 4) is 0 Å². The third-order valence-electron chi connectivity index (χ3n) is 3.56. The summed E-state index contributed by atoms with van der Waals surface area (Å²) in [6, 6.07) is 10.7. The predicted molar refractivity (Wildman–Crippen MR) is 80.7 cm³/mol. The molecule has 0 aliphatic carbocycles. The topological polar surface area (TPSA) is 29.9 Å². The van der Waals surface area contributed by atoms with Crippen molar-refractivity contribution < 1.29 is 0 Å². The van der Waals surface area contributed by atoms with Gasteiger partial charge in [-0.25, -0.2) is 0 Å². The molecule has 4 heteroatoms. The van der Waals surface area contributed by atoms with Gasteiger partial charge in [-0.3, -0.25) is 4.68 Å². The van der Waals surface area contributed by atoms with Gasteiger partial charge in [0.05, 0.1) is 17.3 Å². The first-order valence-corrected chi connectivity index (χ1v) is 7.23. The zero-order valence-corrected chi connectivity index (χ0v) is 12.2. The average molecular weight is 271 g/mol. The SMILES string of the molecule is CNC(c1ccsc1C)c1nn(C)c2ccccc12. The van der Waals surface area contributed by atoms with Gasteiger partial charge < -0.3 is 5.32 Å². The van der Waals surface area contributed by atoms with Crippen LogP contribution in [0, 0.1) is 6.92 Å². The van der Waals surface area contributed by atoms with Crippen molar-refractivity contribution >= 4 is 22.2 Å². The van der Waals surface area contributed by atoms with Gasteiger partial charge in [0.2, 0.25) is 0 Å². The summed E-state index contributed by atoms with van der Waals surface area (Å²) in [6.07, 6.45) is 0. The first-order valence-electron chi connectivity index (χ1n) is 6.35. The number of nitrogens with one attached hydrogen (secondary N) is 1. The van der Waals surface area contributed by atoms with E-state index in [4.69, 9.17) is 5.10 Å². The normalized spacial score (nSPS) is 13.0. The Bertz CT molecular complexity index is 711. The van der Waals surface area contributed by atoms with Crippen LogP contribution in [0.5, 0.6) is 0 Å². The number of nitrogens with zero attached hydrogens (tertiary/aromatic N) is 2. The van der Waals surface area contributed by atoms with Gasteiger partial charge in [0.25, 0.3) is 0 Å². The van der Waals surface area contributed by atoms with Crippen molar-refractivity contribution in [1.29, 1.82) is 0 Å². The van der Waals surface area contributed by atoms with Crippen LogP contribution in [0.15, 0.2) is 35.7 Å². The molecule has 0 saturated carbocycles. The standard InChI is InChI=1S/C15H17N3S/c1-10-11(8-9-19-10)14(16-2)15-12-6-4-5-7-13(12)18(3)17-15/h4-9,14,16H,1-3H3. The third-order valence-corrected chi connectivity index (χ3v) is 4.42. The maximum atomic E-state index is 4.72. The Morgan fingerprint density at radius 2 is 2.05 bits per heavy atom. The monoisotopic (exact) mass is 271 g/mol. The maximum Gasteiger partial charge on any atom is 0.0918 e. The summed E-state index contributed by atoms with van der Waals surface area (Å²) in [7, 11) is 3.99. The zero-order chi connectivity index (χ0) is 13.4. The minimum Gasteiger partial charge on any atom is -0.308 e. The molecule has 98 valence electrons. The molecule has 0 saturated heterocycles. The molecule has 3 aromatic rings. The van der Waals surface area contributed by atoms with Crippen molar-refractivity contribution in [3.05, 3.63) is 51.8 Å². The molecular weight excluding hydrogens is 254 g/mol. The molecule has 2 heterocycles. The lowest BCUT2D eigenvalue weighted by Gasteiger charge is -2.14. The Balaban J connectivity index is 2.20. The van der Waals surface area contributed by atoms with E-state index in [2.05, 4.69) is 48.0 Å². The minimum absolute atomic E-state index is 0.150. The summed E-state index contributed by atoms with van der Waals surface area (Å²) >= 11 is 1.78. The van der Waals surface area contributed by atoms with Crippen LogP contribution in [0.4, 0.5) is 0 Å². The summed E-state index contributed by atoms with van der Waals surface area (Å²) in [4.78, 5) is 1.34. The molecule has 0 aliphatic rings. The smallest absolute Gasteiger partial charge is 0.0918 e. The van der Waals surface area contributed by atoms with Gasteiger partial charge in [0.1, 0.15) is 0 Å². The number of fused-ring (bicyclic) bond motifs is 1. The molecule has 3 rings (SSSR count). The minimum atomic E-state index is 0.150. The molecule has 1 atom stereocenters. The number of benzene rings is 1. The fourth-order valence-electron chi connectivity index (χ4n) is 2.59. The third kappa shape index (κ3) is 1.97. The molecule has 1 N–H and O–H groups in total. The maximum absolute atomic E-state index is 4.72. The molecule has 0 radical (unpaired) electrons. The number of aryl methyl sites for hydroxylation is 2. The Labute approximate surface area is 116 Å². The van der Waals surface area contributed by atoms with Gasteiger partial charge in [-0.1, -0.05) is 18.2 Å². The van der Waals surface area contributed by atoms with Crippen molar-refractivity contribution in [3.63, 3.8) is 0 Å². The van der Waals surface area contributed by atoms with Gasteiger partial charge in [-0.05, 0) is 37.0 Å². The lowest BCUT2D eigenvalue weighted by molar-refractivity contribution is 0.648. The summed E-state index contributed by atoms with van der Waals surface area (Å²) in [6.45, 7) is 2.16. The van der Waals surface area contributed by atoms with Gasteiger partial charge in [-0.2, -0.15) is 5.10 Å². The molecule has 0 spiro atoms. The number of thiophene rings is 1. The Morgan fingerprint density at radius 1 is 1.26 bits per heavy atom. The fraction of sp³-hybridized carbons (Fsp3) is 0.267. The van der Waals surface area contributed by atoms with Gasteiger partial charge in [0, 0.05) is 17.3 Å². The van der Waals surface area contributed by atoms with Crippen molar-refractivity contribution in [2.24, 2.45) is 7.05 Å². The van der Waals surface area contributed by atoms with Crippen molar-refractivity contribution in [2.75, 3.05) is 7.05 Å². The van der Waals surface area contributed by atoms with Gasteiger partial charge in [0.15, 0.2) is 0 Å². The molecule has 2 aromatic heterocycles. The van der Waals surface area contributed by atoms with Crippen LogP contribution < -0.4 is 5.32 Å². The van der Waals surface area contributed by atoms with Crippen LogP contribution in [0.25, 0.3) is 10.9 Å². The van der Waals surface area contributed by atoms with Crippen LogP contribution in [0.1, 0.15) is 22.2 Å². The zero-order valence-electron chi connectivity index (χ0n) is 11.3. The number of hydrogen-bond acceptors (Lipinski definition) is 3. The fourth-order valence-corrected chi connectivity index (χ4v) is 3.33. The number of aromatic nitrogens is 2. The van der Waals surface area contributed by atoms with E-state index in [1.165, 1.54) is 21.3 Å². The van der Waals surface area contributed by atoms with Crippen LogP contribution in [0.3, 0.4) is 0 Å². The molecule has 0 amide bonds. The molecule has 0 bridgehead atoms. The number of rotatable bonds is 3. The van der Waals surface area contributed by atoms with E-state index in [1.54, 1.807) is 11.3 Å². The Morgan fingerprint density at radius 3 is 2.74 bits per heavy atom. The highest BCUT2D eigenvalue weighted by Crippen LogP contribution is 2.31. The van der Waals surface area contributed by atoms with Gasteiger partial charge >= 0.3 is 0 Å². The molecule has 0 aliphatic heterocycles. The quantitative estimate of drug-likeness (QED) is 0.792. The molecule has 1 unspecified atom stereocenters. The summed E-state index contributed by atoms with van der Waals surface area (Å²) in [5.41, 5.74) is 3.59. The summed E-state index contributed by atoms with van der Waals surface area (Å²) < 4.78 is 1.96. The largest absolute Gasteiger partial charge is 0.308 e. The molecule has 1 aromatic carbocycles. The van der Waals surface area contributed by atoms with Gasteiger partial charge in [-0.15, -0.1) is 11.3 Å². The molecule has 0 fully saturated rings. The van der Waals surface area contributed by atoms with Crippen LogP contribution in [-0.2, 0) is 7.05 Å². The molecule has 3 nitrogen and oxygen atoms in total. The van der Waals surface area contributed by atoms with Crippen LogP contribution in [-0.4, -0.2) is 16.8 Å². The Hall–Kier alpha value is -1.65. The van der Waals surface area contributed by atoms with E-state index in [0.29, 0.717) is 0 Å². The number of hydrogen-bond donors (Lipinski definition) is 1. The van der Waals surface area contributed by atoms with Crippen molar-refractivity contribution in [2.45, 2.75) is 13.0 Å². The highest BCUT2D eigenvalue weighted by atomic mass is 32.1. The summed E-state index contributed by atoms with van der Waals surface area (Å²) in [5.74, 6) is 0. The van der Waals surface area contributed by atoms with Crippen molar-refractivity contribution in [1.82, 2.24) is 15.1 Å². The lowest BCUT2D eigenvalue weighted by atomic mass is 10.0. The van der Waals surface area contributed by atoms with Crippen LogP contribution in [0.2, 0.25) is 0 Å². The highest BCUT2D eigenvalue weighted by molar-refractivity contribution is 7.10. The first-order chi connectivity index (χ1) is 9.22. The highest BCUT2D eigenvalue weighted by Gasteiger charge is 2.21. The van der Waals surface area contributed by atoms with E-state index in [-0.39, 0.29) is 6.04 Å². The molecular formula is C15H17N3S. The number of para-hydroxylation sites is 1. The van der Waals surface area contributed by atoms with E-state index in [0.717, 1.165) is 5.69 Å². The second-order valence-electron chi connectivity index (χ2n) is 4.68. The Kier molecular flexibility index (Phi) is 3.12. The van der Waals surface area contributed by atoms with E-state index in [9.17, 15) is 0 Å². The second kappa shape index (κ2) is 4.79.